The fourth-order valence-corrected chi connectivity index (χ4v) is 4.24. The summed E-state index contributed by atoms with van der Waals surface area (Å²) >= 11 is 0. The summed E-state index contributed by atoms with van der Waals surface area (Å²) in [5.41, 5.74) is 3.03. The van der Waals surface area contributed by atoms with E-state index in [-0.39, 0.29) is 12.4 Å². The lowest BCUT2D eigenvalue weighted by Crippen LogP contribution is -2.39. The van der Waals surface area contributed by atoms with Crippen LogP contribution in [0.2, 0.25) is 0 Å². The van der Waals surface area contributed by atoms with Gasteiger partial charge in [-0.05, 0) is 50.1 Å². The van der Waals surface area contributed by atoms with Crippen molar-refractivity contribution in [2.24, 2.45) is 0 Å². The van der Waals surface area contributed by atoms with Crippen LogP contribution in [0.15, 0.2) is 54.7 Å². The number of aliphatic hydroxyl groups excluding tert-OH is 1. The number of hydrogen-bond acceptors (Lipinski definition) is 4. The highest BCUT2D eigenvalue weighted by atomic mass is 19.1. The number of methoxy groups -OCH3 is 1. The zero-order valence-electron chi connectivity index (χ0n) is 17.3. The number of piperidine rings is 1. The molecule has 0 bridgehead atoms. The Morgan fingerprint density at radius 2 is 2.00 bits per heavy atom. The van der Waals surface area contributed by atoms with E-state index in [4.69, 9.17) is 9.84 Å². The maximum Gasteiger partial charge on any atom is 0.136 e. The van der Waals surface area contributed by atoms with Gasteiger partial charge < -0.3 is 9.84 Å². The topological polar surface area (TPSA) is 50.5 Å². The third-order valence-corrected chi connectivity index (χ3v) is 5.83. The summed E-state index contributed by atoms with van der Waals surface area (Å²) in [7, 11) is 1.53. The van der Waals surface area contributed by atoms with Gasteiger partial charge in [0.1, 0.15) is 17.3 Å². The van der Waals surface area contributed by atoms with Crippen molar-refractivity contribution in [1.82, 2.24) is 14.7 Å². The molecule has 0 saturated carbocycles. The van der Waals surface area contributed by atoms with Crippen molar-refractivity contribution < 1.29 is 14.2 Å². The van der Waals surface area contributed by atoms with Crippen molar-refractivity contribution >= 4 is 0 Å². The second-order valence-corrected chi connectivity index (χ2v) is 7.76. The Hall–Kier alpha value is -2.70. The van der Waals surface area contributed by atoms with Crippen LogP contribution >= 0.6 is 0 Å². The molecule has 0 amide bonds. The first-order valence-corrected chi connectivity index (χ1v) is 10.5. The van der Waals surface area contributed by atoms with Gasteiger partial charge in [0.15, 0.2) is 0 Å². The van der Waals surface area contributed by atoms with Gasteiger partial charge in [0.05, 0.1) is 12.8 Å². The second kappa shape index (κ2) is 9.41. The second-order valence-electron chi connectivity index (χ2n) is 7.76. The van der Waals surface area contributed by atoms with Crippen molar-refractivity contribution in [2.75, 3.05) is 20.3 Å². The molecule has 2 heterocycles. The van der Waals surface area contributed by atoms with E-state index in [1.54, 1.807) is 12.1 Å². The Kier molecular flexibility index (Phi) is 6.45. The number of benzene rings is 2. The summed E-state index contributed by atoms with van der Waals surface area (Å²) in [6.07, 6.45) is 6.17. The van der Waals surface area contributed by atoms with Crippen molar-refractivity contribution in [3.05, 3.63) is 66.1 Å². The first kappa shape index (κ1) is 20.6. The minimum absolute atomic E-state index is 0.185. The van der Waals surface area contributed by atoms with Gasteiger partial charge >= 0.3 is 0 Å². The molecule has 1 N–H and O–H groups in total. The van der Waals surface area contributed by atoms with Crippen molar-refractivity contribution in [1.29, 1.82) is 0 Å². The average molecular weight is 410 g/mol. The van der Waals surface area contributed by atoms with Crippen LogP contribution in [0.3, 0.4) is 0 Å². The van der Waals surface area contributed by atoms with E-state index in [1.165, 1.54) is 19.6 Å². The molecular formula is C24H28FN3O2. The molecule has 1 fully saturated rings. The Morgan fingerprint density at radius 3 is 2.73 bits per heavy atom. The van der Waals surface area contributed by atoms with Crippen LogP contribution in [-0.4, -0.2) is 46.1 Å². The molecule has 30 heavy (non-hydrogen) atoms. The van der Waals surface area contributed by atoms with Gasteiger partial charge in [-0.1, -0.05) is 24.6 Å². The van der Waals surface area contributed by atoms with E-state index >= 15 is 0 Å². The summed E-state index contributed by atoms with van der Waals surface area (Å²) in [5.74, 6) is 0.138. The fraction of sp³-hybridized carbons (Fsp3) is 0.375. The third kappa shape index (κ3) is 4.40. The highest BCUT2D eigenvalue weighted by Crippen LogP contribution is 2.31. The maximum absolute atomic E-state index is 14.9. The molecule has 0 spiro atoms. The van der Waals surface area contributed by atoms with Crippen LogP contribution in [0.1, 0.15) is 31.2 Å². The lowest BCUT2D eigenvalue weighted by molar-refractivity contribution is 0.112. The summed E-state index contributed by atoms with van der Waals surface area (Å²) < 4.78 is 21.9. The molecule has 1 atom stereocenters. The zero-order valence-corrected chi connectivity index (χ0v) is 17.3. The van der Waals surface area contributed by atoms with Gasteiger partial charge in [-0.25, -0.2) is 9.07 Å². The molecule has 1 aromatic heterocycles. The molecule has 1 aliphatic heterocycles. The number of ether oxygens (including phenoxy) is 1. The number of halogens is 1. The van der Waals surface area contributed by atoms with Crippen LogP contribution in [-0.2, 0) is 6.54 Å². The first-order chi connectivity index (χ1) is 14.7. The fourth-order valence-electron chi connectivity index (χ4n) is 4.24. The number of likely N-dealkylation sites (tertiary alicyclic amines) is 1. The van der Waals surface area contributed by atoms with Gasteiger partial charge in [-0.2, -0.15) is 5.10 Å². The predicted octanol–water partition coefficient (Wildman–Crippen LogP) is 4.42. The molecule has 1 aliphatic rings. The summed E-state index contributed by atoms with van der Waals surface area (Å²) in [4.78, 5) is 2.40. The lowest BCUT2D eigenvalue weighted by atomic mass is 9.98. The van der Waals surface area contributed by atoms with Crippen molar-refractivity contribution in [3.63, 3.8) is 0 Å². The van der Waals surface area contributed by atoms with E-state index < -0.39 is 0 Å². The number of hydrogen-bond donors (Lipinski definition) is 1. The Morgan fingerprint density at radius 1 is 1.17 bits per heavy atom. The molecule has 5 nitrogen and oxygen atoms in total. The van der Waals surface area contributed by atoms with Crippen molar-refractivity contribution in [2.45, 2.75) is 38.3 Å². The number of aliphatic hydroxyl groups is 1. The van der Waals surface area contributed by atoms with E-state index in [1.807, 2.05) is 41.2 Å². The molecule has 0 radical (unpaired) electrons. The molecule has 4 rings (SSSR count). The van der Waals surface area contributed by atoms with Crippen LogP contribution in [0, 0.1) is 5.82 Å². The largest absolute Gasteiger partial charge is 0.497 e. The first-order valence-electron chi connectivity index (χ1n) is 10.5. The monoisotopic (exact) mass is 409 g/mol. The molecule has 3 aromatic rings. The minimum atomic E-state index is -0.348. The van der Waals surface area contributed by atoms with Gasteiger partial charge in [0.2, 0.25) is 0 Å². The average Bonchev–Trinajstić information content (AvgIpc) is 3.19. The molecule has 0 aliphatic carbocycles. The Labute approximate surface area is 176 Å². The number of para-hydroxylation sites is 1. The van der Waals surface area contributed by atoms with Gasteiger partial charge in [-0.15, -0.1) is 0 Å². The number of aromatic nitrogens is 2. The van der Waals surface area contributed by atoms with E-state index in [0.717, 1.165) is 37.1 Å². The van der Waals surface area contributed by atoms with E-state index in [0.29, 0.717) is 29.6 Å². The number of nitrogens with zero attached hydrogens (tertiary/aromatic N) is 3. The molecule has 6 heteroatoms. The van der Waals surface area contributed by atoms with E-state index in [2.05, 4.69) is 4.90 Å². The SMILES string of the molecule is COc1ccc(-c2nn(-c3ccccc3)cc2CN2CCCCC2CCO)c(F)c1. The van der Waals surface area contributed by atoms with Gasteiger partial charge in [0, 0.05) is 42.6 Å². The quantitative estimate of drug-likeness (QED) is 0.627. The normalized spacial score (nSPS) is 17.2. The number of rotatable bonds is 7. The standard InChI is InChI=1S/C24H28FN3O2/c1-30-21-10-11-22(23(25)15-21)24-18(16-27-13-6-5-7-19(27)12-14-29)17-28(26-24)20-8-3-2-4-9-20/h2-4,8-11,15,17,19,29H,5-7,12-14,16H2,1H3. The van der Waals surface area contributed by atoms with Crippen LogP contribution in [0.5, 0.6) is 5.75 Å². The van der Waals surface area contributed by atoms with Crippen molar-refractivity contribution in [3.8, 4) is 22.7 Å². The molecule has 158 valence electrons. The predicted molar refractivity (Wildman–Crippen MR) is 115 cm³/mol. The van der Waals surface area contributed by atoms with Crippen LogP contribution < -0.4 is 4.74 Å². The molecule has 1 saturated heterocycles. The summed E-state index contributed by atoms with van der Waals surface area (Å²) in [6.45, 7) is 1.84. The zero-order chi connectivity index (χ0) is 20.9. The van der Waals surface area contributed by atoms with Gasteiger partial charge in [0.25, 0.3) is 0 Å². The Bertz CT molecular complexity index is 972. The molecular weight excluding hydrogens is 381 g/mol. The van der Waals surface area contributed by atoms with Crippen LogP contribution in [0.4, 0.5) is 4.39 Å². The molecule has 2 aromatic carbocycles. The third-order valence-electron chi connectivity index (χ3n) is 5.83. The minimum Gasteiger partial charge on any atom is -0.497 e. The lowest BCUT2D eigenvalue weighted by Gasteiger charge is -2.35. The highest BCUT2D eigenvalue weighted by molar-refractivity contribution is 5.65. The molecule has 1 unspecified atom stereocenters. The maximum atomic E-state index is 14.9. The Balaban J connectivity index is 1.73. The summed E-state index contributed by atoms with van der Waals surface area (Å²) in [6, 6.07) is 15.1. The summed E-state index contributed by atoms with van der Waals surface area (Å²) in [5, 5.41) is 14.2. The smallest absolute Gasteiger partial charge is 0.136 e. The van der Waals surface area contributed by atoms with Crippen LogP contribution in [0.25, 0.3) is 16.9 Å². The highest BCUT2D eigenvalue weighted by Gasteiger charge is 2.25. The van der Waals surface area contributed by atoms with E-state index in [9.17, 15) is 9.50 Å². The van der Waals surface area contributed by atoms with Gasteiger partial charge in [-0.3, -0.25) is 4.90 Å².